The molecule has 0 spiro atoms. The van der Waals surface area contributed by atoms with Crippen LogP contribution in [0.3, 0.4) is 0 Å². The lowest BCUT2D eigenvalue weighted by atomic mass is 9.87. The lowest BCUT2D eigenvalue weighted by Crippen LogP contribution is -2.25. The number of aliphatic hydroxyl groups is 1. The van der Waals surface area contributed by atoms with Gasteiger partial charge >= 0.3 is 5.97 Å². The molecule has 110 valence electrons. The van der Waals surface area contributed by atoms with Crippen molar-refractivity contribution in [2.24, 2.45) is 5.92 Å². The second-order valence-corrected chi connectivity index (χ2v) is 5.22. The zero-order valence-electron chi connectivity index (χ0n) is 11.8. The van der Waals surface area contributed by atoms with E-state index in [4.69, 9.17) is 4.74 Å². The number of nitrogens with zero attached hydrogens (tertiary/aromatic N) is 1. The van der Waals surface area contributed by atoms with Gasteiger partial charge in [-0.15, -0.1) is 0 Å². The minimum Gasteiger partial charge on any atom is -0.462 e. The number of ether oxygens (including phenoxy) is 1. The third kappa shape index (κ3) is 4.20. The zero-order chi connectivity index (χ0) is 14.4. The number of rotatable bonds is 5. The SMILES string of the molecule is CCOC(=O)c1ccc(NCC2CCCC(O)C2)nc1. The summed E-state index contributed by atoms with van der Waals surface area (Å²) in [6.07, 6.45) is 5.37. The average molecular weight is 278 g/mol. The van der Waals surface area contributed by atoms with Gasteiger partial charge in [0, 0.05) is 12.7 Å². The number of carbonyl (C=O) groups is 1. The normalized spacial score (nSPS) is 22.3. The van der Waals surface area contributed by atoms with E-state index in [0.29, 0.717) is 18.1 Å². The molecule has 2 unspecified atom stereocenters. The maximum absolute atomic E-state index is 11.5. The van der Waals surface area contributed by atoms with Crippen molar-refractivity contribution in [3.8, 4) is 0 Å². The standard InChI is InChI=1S/C15H22N2O3/c1-2-20-15(19)12-6-7-14(17-10-12)16-9-11-4-3-5-13(18)8-11/h6-7,10-11,13,18H,2-5,8-9H2,1H3,(H,16,17). The lowest BCUT2D eigenvalue weighted by Gasteiger charge is -2.26. The predicted molar refractivity (Wildman–Crippen MR) is 76.6 cm³/mol. The van der Waals surface area contributed by atoms with Crippen LogP contribution < -0.4 is 5.32 Å². The Labute approximate surface area is 119 Å². The molecule has 1 heterocycles. The smallest absolute Gasteiger partial charge is 0.339 e. The van der Waals surface area contributed by atoms with Gasteiger partial charge in [-0.25, -0.2) is 9.78 Å². The monoisotopic (exact) mass is 278 g/mol. The van der Waals surface area contributed by atoms with Gasteiger partial charge in [0.2, 0.25) is 0 Å². The van der Waals surface area contributed by atoms with Gasteiger partial charge < -0.3 is 15.2 Å². The van der Waals surface area contributed by atoms with Gasteiger partial charge in [0.05, 0.1) is 18.3 Å². The summed E-state index contributed by atoms with van der Waals surface area (Å²) < 4.78 is 4.91. The van der Waals surface area contributed by atoms with Crippen LogP contribution in [0, 0.1) is 5.92 Å². The molecule has 0 saturated heterocycles. The third-order valence-corrected chi connectivity index (χ3v) is 3.60. The Bertz CT molecular complexity index is 433. The van der Waals surface area contributed by atoms with Crippen molar-refractivity contribution in [3.63, 3.8) is 0 Å². The molecule has 0 radical (unpaired) electrons. The second-order valence-electron chi connectivity index (χ2n) is 5.22. The Hall–Kier alpha value is -1.62. The van der Waals surface area contributed by atoms with Gasteiger partial charge in [-0.2, -0.15) is 0 Å². The van der Waals surface area contributed by atoms with E-state index in [1.165, 1.54) is 6.20 Å². The maximum Gasteiger partial charge on any atom is 0.339 e. The highest BCUT2D eigenvalue weighted by atomic mass is 16.5. The predicted octanol–water partition coefficient (Wildman–Crippen LogP) is 2.22. The van der Waals surface area contributed by atoms with Crippen molar-refractivity contribution in [2.45, 2.75) is 38.7 Å². The summed E-state index contributed by atoms with van der Waals surface area (Å²) in [6.45, 7) is 2.95. The molecule has 1 aromatic rings. The van der Waals surface area contributed by atoms with Crippen LogP contribution in [0.15, 0.2) is 18.3 Å². The van der Waals surface area contributed by atoms with Crippen molar-refractivity contribution < 1.29 is 14.6 Å². The molecule has 0 aromatic carbocycles. The zero-order valence-corrected chi connectivity index (χ0v) is 11.8. The van der Waals surface area contributed by atoms with Crippen molar-refractivity contribution in [1.82, 2.24) is 4.98 Å². The van der Waals surface area contributed by atoms with Crippen LogP contribution in [-0.2, 0) is 4.74 Å². The fourth-order valence-electron chi connectivity index (χ4n) is 2.53. The Morgan fingerprint density at radius 1 is 1.50 bits per heavy atom. The van der Waals surface area contributed by atoms with Crippen molar-refractivity contribution in [3.05, 3.63) is 23.9 Å². The highest BCUT2D eigenvalue weighted by Gasteiger charge is 2.19. The van der Waals surface area contributed by atoms with Crippen LogP contribution in [0.25, 0.3) is 0 Å². The Balaban J connectivity index is 1.83. The summed E-state index contributed by atoms with van der Waals surface area (Å²) >= 11 is 0. The number of aliphatic hydroxyl groups excluding tert-OH is 1. The quantitative estimate of drug-likeness (QED) is 0.808. The highest BCUT2D eigenvalue weighted by molar-refractivity contribution is 5.89. The Morgan fingerprint density at radius 2 is 2.35 bits per heavy atom. The number of esters is 1. The fraction of sp³-hybridized carbons (Fsp3) is 0.600. The van der Waals surface area contributed by atoms with E-state index < -0.39 is 0 Å². The van der Waals surface area contributed by atoms with E-state index in [1.807, 2.05) is 0 Å². The maximum atomic E-state index is 11.5. The van der Waals surface area contributed by atoms with Gasteiger partial charge in [0.25, 0.3) is 0 Å². The lowest BCUT2D eigenvalue weighted by molar-refractivity contribution is 0.0526. The van der Waals surface area contributed by atoms with Crippen molar-refractivity contribution in [1.29, 1.82) is 0 Å². The van der Waals surface area contributed by atoms with Crippen LogP contribution in [0.2, 0.25) is 0 Å². The minimum absolute atomic E-state index is 0.158. The molecule has 1 fully saturated rings. The van der Waals surface area contributed by atoms with Gasteiger partial charge in [-0.05, 0) is 44.2 Å². The first-order valence-corrected chi connectivity index (χ1v) is 7.24. The van der Waals surface area contributed by atoms with E-state index in [9.17, 15) is 9.90 Å². The molecular weight excluding hydrogens is 256 g/mol. The molecule has 0 aliphatic heterocycles. The molecule has 2 atom stereocenters. The summed E-state index contributed by atoms with van der Waals surface area (Å²) in [4.78, 5) is 15.7. The van der Waals surface area contributed by atoms with Gasteiger partial charge in [-0.1, -0.05) is 6.42 Å². The van der Waals surface area contributed by atoms with Gasteiger partial charge in [-0.3, -0.25) is 0 Å². The average Bonchev–Trinajstić information content (AvgIpc) is 2.46. The van der Waals surface area contributed by atoms with Crippen LogP contribution in [0.4, 0.5) is 5.82 Å². The first-order chi connectivity index (χ1) is 9.69. The molecule has 2 rings (SSSR count). The van der Waals surface area contributed by atoms with E-state index in [-0.39, 0.29) is 12.1 Å². The number of pyridine rings is 1. The molecule has 1 aromatic heterocycles. The van der Waals surface area contributed by atoms with Crippen LogP contribution in [-0.4, -0.2) is 35.3 Å². The molecule has 20 heavy (non-hydrogen) atoms. The van der Waals surface area contributed by atoms with Crippen LogP contribution >= 0.6 is 0 Å². The molecule has 0 bridgehead atoms. The van der Waals surface area contributed by atoms with Crippen molar-refractivity contribution in [2.75, 3.05) is 18.5 Å². The van der Waals surface area contributed by atoms with Gasteiger partial charge in [0.1, 0.15) is 5.82 Å². The molecule has 1 aliphatic carbocycles. The molecule has 5 nitrogen and oxygen atoms in total. The van der Waals surface area contributed by atoms with E-state index in [1.54, 1.807) is 19.1 Å². The number of carbonyl (C=O) groups excluding carboxylic acids is 1. The summed E-state index contributed by atoms with van der Waals surface area (Å²) in [5.74, 6) is 0.894. The number of aromatic nitrogens is 1. The number of hydrogen-bond donors (Lipinski definition) is 2. The van der Waals surface area contributed by atoms with E-state index >= 15 is 0 Å². The third-order valence-electron chi connectivity index (χ3n) is 3.60. The van der Waals surface area contributed by atoms with E-state index in [0.717, 1.165) is 38.0 Å². The van der Waals surface area contributed by atoms with Gasteiger partial charge in [0.15, 0.2) is 0 Å². The number of anilines is 1. The summed E-state index contributed by atoms with van der Waals surface area (Å²) in [5.41, 5.74) is 0.463. The summed E-state index contributed by atoms with van der Waals surface area (Å²) in [7, 11) is 0. The Morgan fingerprint density at radius 3 is 3.00 bits per heavy atom. The molecule has 0 amide bonds. The molecule has 5 heteroatoms. The van der Waals surface area contributed by atoms with Crippen molar-refractivity contribution >= 4 is 11.8 Å². The largest absolute Gasteiger partial charge is 0.462 e. The first-order valence-electron chi connectivity index (χ1n) is 7.24. The summed E-state index contributed by atoms with van der Waals surface area (Å²) in [6, 6.07) is 3.49. The highest BCUT2D eigenvalue weighted by Crippen LogP contribution is 2.24. The molecule has 1 aliphatic rings. The van der Waals surface area contributed by atoms with E-state index in [2.05, 4.69) is 10.3 Å². The summed E-state index contributed by atoms with van der Waals surface area (Å²) in [5, 5.41) is 12.9. The first kappa shape index (κ1) is 14.8. The molecular formula is C15H22N2O3. The fourth-order valence-corrected chi connectivity index (χ4v) is 2.53. The minimum atomic E-state index is -0.345. The van der Waals surface area contributed by atoms with Crippen LogP contribution in [0.5, 0.6) is 0 Å². The second kappa shape index (κ2) is 7.24. The molecule has 2 N–H and O–H groups in total. The Kier molecular flexibility index (Phi) is 5.35. The topological polar surface area (TPSA) is 71.5 Å². The molecule has 1 saturated carbocycles. The number of nitrogens with one attached hydrogen (secondary N) is 1. The number of hydrogen-bond acceptors (Lipinski definition) is 5. The van der Waals surface area contributed by atoms with Crippen LogP contribution in [0.1, 0.15) is 43.0 Å².